The number of aromatic nitrogens is 1. The van der Waals surface area contributed by atoms with Gasteiger partial charge in [0.15, 0.2) is 11.5 Å². The number of fused-ring (bicyclic) bond motifs is 1. The van der Waals surface area contributed by atoms with Crippen molar-refractivity contribution in [1.82, 2.24) is 4.98 Å². The van der Waals surface area contributed by atoms with E-state index in [1.54, 1.807) is 0 Å². The maximum atomic E-state index is 15.5. The Morgan fingerprint density at radius 1 is 1.30 bits per heavy atom. The maximum Gasteiger partial charge on any atom is 0.417 e. The lowest BCUT2D eigenvalue weighted by Gasteiger charge is -2.32. The lowest BCUT2D eigenvalue weighted by atomic mass is 9.77. The highest BCUT2D eigenvalue weighted by Gasteiger charge is 2.46. The van der Waals surface area contributed by atoms with Crippen molar-refractivity contribution in [3.05, 3.63) is 63.9 Å². The van der Waals surface area contributed by atoms with E-state index in [4.69, 9.17) is 11.6 Å². The van der Waals surface area contributed by atoms with E-state index in [1.807, 2.05) is 0 Å². The van der Waals surface area contributed by atoms with Crippen molar-refractivity contribution in [2.45, 2.75) is 43.6 Å². The number of hydrogen-bond donors (Lipinski definition) is 1. The Bertz CT molecular complexity index is 871. The molecule has 3 rings (SSSR count). The highest BCUT2D eigenvalue weighted by Crippen LogP contribution is 2.44. The molecule has 0 spiro atoms. The van der Waals surface area contributed by atoms with Gasteiger partial charge in [0.05, 0.1) is 22.4 Å². The maximum absolute atomic E-state index is 15.5. The van der Waals surface area contributed by atoms with Gasteiger partial charge < -0.3 is 5.11 Å². The average molecular weight is 402 g/mol. The number of aliphatic hydroxyl groups excluding tert-OH is 1. The van der Waals surface area contributed by atoms with Crippen molar-refractivity contribution >= 4 is 17.4 Å². The Labute approximate surface area is 158 Å². The van der Waals surface area contributed by atoms with E-state index in [-0.39, 0.29) is 42.5 Å². The minimum absolute atomic E-state index is 0.0175. The second kappa shape index (κ2) is 7.20. The fourth-order valence-electron chi connectivity index (χ4n) is 3.35. The first-order chi connectivity index (χ1) is 12.6. The van der Waals surface area contributed by atoms with Crippen LogP contribution >= 0.6 is 11.6 Å². The molecule has 1 aliphatic rings. The van der Waals surface area contributed by atoms with E-state index in [0.29, 0.717) is 0 Å². The molecule has 1 aliphatic carbocycles. The molecule has 0 aliphatic heterocycles. The fourth-order valence-corrected chi connectivity index (χ4v) is 3.68. The monoisotopic (exact) mass is 401 g/mol. The summed E-state index contributed by atoms with van der Waals surface area (Å²) in [5.74, 6) is -0.767. The van der Waals surface area contributed by atoms with Gasteiger partial charge in [-0.2, -0.15) is 13.2 Å². The number of aryl methyl sites for hydroxylation is 1. The second-order valence-corrected chi connectivity index (χ2v) is 6.87. The number of nitrogens with zero attached hydrogens (tertiary/aromatic N) is 1. The van der Waals surface area contributed by atoms with Gasteiger partial charge in [-0.3, -0.25) is 9.78 Å². The van der Waals surface area contributed by atoms with Crippen LogP contribution in [0.15, 0.2) is 36.5 Å². The zero-order valence-corrected chi connectivity index (χ0v) is 14.8. The molecule has 0 bridgehead atoms. The second-order valence-electron chi connectivity index (χ2n) is 6.49. The van der Waals surface area contributed by atoms with E-state index in [9.17, 15) is 23.1 Å². The highest BCUT2D eigenvalue weighted by atomic mass is 35.5. The van der Waals surface area contributed by atoms with Gasteiger partial charge in [-0.05, 0) is 37.0 Å². The third-order valence-electron chi connectivity index (χ3n) is 4.79. The smallest absolute Gasteiger partial charge is 0.387 e. The predicted octanol–water partition coefficient (Wildman–Crippen LogP) is 4.95. The van der Waals surface area contributed by atoms with Gasteiger partial charge in [0.25, 0.3) is 0 Å². The minimum Gasteiger partial charge on any atom is -0.387 e. The normalized spacial score (nSPS) is 22.4. The van der Waals surface area contributed by atoms with Crippen molar-refractivity contribution in [3.63, 3.8) is 0 Å². The van der Waals surface area contributed by atoms with Crippen LogP contribution < -0.4 is 0 Å². The number of aliphatic hydroxyl groups is 1. The molecule has 0 unspecified atom stereocenters. The molecule has 27 heavy (non-hydrogen) atoms. The molecule has 0 radical (unpaired) electrons. The number of benzene rings is 1. The third kappa shape index (κ3) is 3.71. The van der Waals surface area contributed by atoms with Crippen LogP contribution in [0.4, 0.5) is 17.6 Å². The summed E-state index contributed by atoms with van der Waals surface area (Å²) in [5, 5.41) is 9.48. The molecule has 0 amide bonds. The van der Waals surface area contributed by atoms with E-state index < -0.39 is 34.3 Å². The molecule has 0 saturated heterocycles. The van der Waals surface area contributed by atoms with Crippen molar-refractivity contribution < 1.29 is 27.5 Å². The standard InChI is InChI=1S/C19H16ClF4NO2/c20-16-11(3-1-4-12(16)19(22,23)24)6-7-15(27)18(21)9-8-14(26)17-13(18)5-2-10-25-17/h1-5,10,14,26H,6-9H2/t14-,18-/m0/s1. The van der Waals surface area contributed by atoms with Crippen molar-refractivity contribution in [2.24, 2.45) is 0 Å². The molecular formula is C19H16ClF4NO2. The van der Waals surface area contributed by atoms with Crippen molar-refractivity contribution in [2.75, 3.05) is 0 Å². The van der Waals surface area contributed by atoms with Crippen LogP contribution in [0.5, 0.6) is 0 Å². The summed E-state index contributed by atoms with van der Waals surface area (Å²) in [4.78, 5) is 16.6. The lowest BCUT2D eigenvalue weighted by Crippen LogP contribution is -2.36. The van der Waals surface area contributed by atoms with Crippen LogP contribution in [0.2, 0.25) is 5.02 Å². The first-order valence-corrected chi connectivity index (χ1v) is 8.72. The molecule has 0 fully saturated rings. The van der Waals surface area contributed by atoms with Gasteiger partial charge >= 0.3 is 6.18 Å². The number of pyridine rings is 1. The Hall–Kier alpha value is -1.99. The summed E-state index contributed by atoms with van der Waals surface area (Å²) in [6.07, 6.45) is -4.76. The first kappa shape index (κ1) is 19.8. The molecule has 1 aromatic carbocycles. The van der Waals surface area contributed by atoms with E-state index in [1.165, 1.54) is 30.5 Å². The number of ketones is 1. The summed E-state index contributed by atoms with van der Waals surface area (Å²) in [6.45, 7) is 0. The quantitative estimate of drug-likeness (QED) is 0.738. The van der Waals surface area contributed by atoms with Gasteiger partial charge in [-0.1, -0.05) is 29.8 Å². The molecular weight excluding hydrogens is 386 g/mol. The number of carbonyl (C=O) groups excluding carboxylic acids is 1. The van der Waals surface area contributed by atoms with Crippen LogP contribution in [0, 0.1) is 0 Å². The third-order valence-corrected chi connectivity index (χ3v) is 5.24. The van der Waals surface area contributed by atoms with Gasteiger partial charge in [0.1, 0.15) is 0 Å². The summed E-state index contributed by atoms with van der Waals surface area (Å²) in [7, 11) is 0. The van der Waals surface area contributed by atoms with Gasteiger partial charge in [-0.25, -0.2) is 4.39 Å². The van der Waals surface area contributed by atoms with E-state index >= 15 is 4.39 Å². The van der Waals surface area contributed by atoms with Crippen LogP contribution in [-0.2, 0) is 23.1 Å². The minimum atomic E-state index is -4.61. The number of carbonyl (C=O) groups is 1. The Morgan fingerprint density at radius 3 is 2.74 bits per heavy atom. The topological polar surface area (TPSA) is 50.2 Å². The highest BCUT2D eigenvalue weighted by molar-refractivity contribution is 6.32. The lowest BCUT2D eigenvalue weighted by molar-refractivity contribution is -0.137. The summed E-state index contributed by atoms with van der Waals surface area (Å²) >= 11 is 5.83. The van der Waals surface area contributed by atoms with Gasteiger partial charge in [0.2, 0.25) is 0 Å². The summed E-state index contributed by atoms with van der Waals surface area (Å²) in [5.41, 5.74) is -3.04. The predicted molar refractivity (Wildman–Crippen MR) is 91.0 cm³/mol. The van der Waals surface area contributed by atoms with Crippen LogP contribution in [-0.4, -0.2) is 15.9 Å². The summed E-state index contributed by atoms with van der Waals surface area (Å²) in [6, 6.07) is 6.32. The van der Waals surface area contributed by atoms with Crippen LogP contribution in [0.25, 0.3) is 0 Å². The molecule has 2 atom stereocenters. The number of alkyl halides is 4. The number of Topliss-reactive ketones (excluding diaryl/α,β-unsaturated/α-hetero) is 1. The van der Waals surface area contributed by atoms with E-state index in [0.717, 1.165) is 6.07 Å². The molecule has 1 aromatic heterocycles. The average Bonchev–Trinajstić information content (AvgIpc) is 2.63. The first-order valence-electron chi connectivity index (χ1n) is 8.35. The van der Waals surface area contributed by atoms with Crippen molar-refractivity contribution in [1.29, 1.82) is 0 Å². The fraction of sp³-hybridized carbons (Fsp3) is 0.368. The molecule has 1 heterocycles. The van der Waals surface area contributed by atoms with Crippen LogP contribution in [0.1, 0.15) is 47.8 Å². The van der Waals surface area contributed by atoms with Gasteiger partial charge in [-0.15, -0.1) is 0 Å². The molecule has 2 aromatic rings. The molecule has 3 nitrogen and oxygen atoms in total. The van der Waals surface area contributed by atoms with Gasteiger partial charge in [0, 0.05) is 18.2 Å². The molecule has 8 heteroatoms. The zero-order chi connectivity index (χ0) is 19.8. The zero-order valence-electron chi connectivity index (χ0n) is 14.1. The Morgan fingerprint density at radius 2 is 2.04 bits per heavy atom. The number of halogens is 5. The molecule has 144 valence electrons. The summed E-state index contributed by atoms with van der Waals surface area (Å²) < 4.78 is 54.3. The Kier molecular flexibility index (Phi) is 5.27. The largest absolute Gasteiger partial charge is 0.417 e. The number of hydrogen-bond acceptors (Lipinski definition) is 3. The number of rotatable bonds is 4. The molecule has 0 saturated carbocycles. The Balaban J connectivity index is 1.82. The van der Waals surface area contributed by atoms with Crippen LogP contribution in [0.3, 0.4) is 0 Å². The SMILES string of the molecule is O=C(CCc1cccc(C(F)(F)F)c1Cl)[C@]1(F)CC[C@H](O)c2ncccc21. The molecule has 1 N–H and O–H groups in total. The van der Waals surface area contributed by atoms with E-state index in [2.05, 4.69) is 4.98 Å². The van der Waals surface area contributed by atoms with Crippen molar-refractivity contribution in [3.8, 4) is 0 Å².